The third-order valence-electron chi connectivity index (χ3n) is 3.00. The number of hydrogen-bond donors (Lipinski definition) is 1. The van der Waals surface area contributed by atoms with E-state index in [1.54, 1.807) is 6.26 Å². The van der Waals surface area contributed by atoms with Crippen LogP contribution in [-0.2, 0) is 0 Å². The molecule has 0 saturated heterocycles. The molecule has 0 unspecified atom stereocenters. The molecule has 9 heteroatoms. The van der Waals surface area contributed by atoms with Crippen molar-refractivity contribution in [2.45, 2.75) is 5.16 Å². The first-order valence-electron chi connectivity index (χ1n) is 6.17. The SMILES string of the molecule is COc1cc(Cl)c(-c2nc(SC)[nH]c(=O)c2C#N)c(Cl)c1OC. The Kier molecular flexibility index (Phi) is 5.42. The van der Waals surface area contributed by atoms with Gasteiger partial charge in [-0.05, 0) is 6.26 Å². The number of nitrogens with zero attached hydrogens (tertiary/aromatic N) is 2. The van der Waals surface area contributed by atoms with Gasteiger partial charge in [0.05, 0.1) is 30.0 Å². The van der Waals surface area contributed by atoms with E-state index in [9.17, 15) is 10.1 Å². The highest BCUT2D eigenvalue weighted by Crippen LogP contribution is 2.46. The van der Waals surface area contributed by atoms with Crippen LogP contribution in [0.3, 0.4) is 0 Å². The smallest absolute Gasteiger partial charge is 0.270 e. The van der Waals surface area contributed by atoms with Crippen LogP contribution in [0.4, 0.5) is 0 Å². The van der Waals surface area contributed by atoms with Crippen molar-refractivity contribution in [3.8, 4) is 28.8 Å². The monoisotopic (exact) mass is 371 g/mol. The summed E-state index contributed by atoms with van der Waals surface area (Å²) >= 11 is 13.8. The van der Waals surface area contributed by atoms with Crippen molar-refractivity contribution < 1.29 is 9.47 Å². The lowest BCUT2D eigenvalue weighted by Crippen LogP contribution is -2.15. The van der Waals surface area contributed by atoms with Gasteiger partial charge < -0.3 is 14.5 Å². The van der Waals surface area contributed by atoms with Crippen molar-refractivity contribution in [3.63, 3.8) is 0 Å². The zero-order valence-corrected chi connectivity index (χ0v) is 14.7. The van der Waals surface area contributed by atoms with E-state index >= 15 is 0 Å². The number of halogens is 2. The van der Waals surface area contributed by atoms with Gasteiger partial charge in [-0.25, -0.2) is 4.98 Å². The second kappa shape index (κ2) is 7.13. The standard InChI is InChI=1S/C14H11Cl2N3O3S/c1-21-8-4-7(15)9(10(16)12(8)22-2)11-6(5-17)13(20)19-14(18-11)23-3/h4H,1-3H3,(H,18,19,20). The lowest BCUT2D eigenvalue weighted by molar-refractivity contribution is 0.355. The van der Waals surface area contributed by atoms with Gasteiger partial charge in [0, 0.05) is 11.6 Å². The number of H-pyrrole nitrogens is 1. The van der Waals surface area contributed by atoms with Crippen LogP contribution in [-0.4, -0.2) is 30.4 Å². The molecule has 0 saturated carbocycles. The molecule has 2 aromatic rings. The third kappa shape index (κ3) is 3.11. The molecular weight excluding hydrogens is 361 g/mol. The summed E-state index contributed by atoms with van der Waals surface area (Å²) < 4.78 is 10.4. The average Bonchev–Trinajstić information content (AvgIpc) is 2.53. The van der Waals surface area contributed by atoms with E-state index in [4.69, 9.17) is 32.7 Å². The first-order valence-corrected chi connectivity index (χ1v) is 8.15. The number of nitriles is 1. The zero-order valence-electron chi connectivity index (χ0n) is 12.4. The van der Waals surface area contributed by atoms with Crippen LogP contribution in [0.5, 0.6) is 11.5 Å². The number of aromatic amines is 1. The summed E-state index contributed by atoms with van der Waals surface area (Å²) in [7, 11) is 2.87. The summed E-state index contributed by atoms with van der Waals surface area (Å²) in [5, 5.41) is 9.91. The van der Waals surface area contributed by atoms with Gasteiger partial charge in [0.15, 0.2) is 16.7 Å². The fraction of sp³-hybridized carbons (Fsp3) is 0.214. The number of nitrogens with one attached hydrogen (secondary N) is 1. The van der Waals surface area contributed by atoms with Crippen molar-refractivity contribution >= 4 is 35.0 Å². The van der Waals surface area contributed by atoms with Gasteiger partial charge in [0.25, 0.3) is 5.56 Å². The maximum absolute atomic E-state index is 12.1. The molecule has 6 nitrogen and oxygen atoms in total. The molecule has 1 aromatic heterocycles. The maximum atomic E-state index is 12.1. The van der Waals surface area contributed by atoms with Gasteiger partial charge >= 0.3 is 0 Å². The second-order valence-electron chi connectivity index (χ2n) is 4.19. The predicted octanol–water partition coefficient (Wildman–Crippen LogP) is 3.35. The minimum atomic E-state index is -0.566. The van der Waals surface area contributed by atoms with Crippen LogP contribution >= 0.6 is 35.0 Å². The number of benzene rings is 1. The Balaban J connectivity index is 2.90. The topological polar surface area (TPSA) is 88.0 Å². The third-order valence-corrected chi connectivity index (χ3v) is 4.24. The maximum Gasteiger partial charge on any atom is 0.270 e. The van der Waals surface area contributed by atoms with E-state index in [-0.39, 0.29) is 32.6 Å². The van der Waals surface area contributed by atoms with Crippen molar-refractivity contribution in [1.29, 1.82) is 5.26 Å². The van der Waals surface area contributed by atoms with Crippen LogP contribution in [0.2, 0.25) is 10.0 Å². The first-order chi connectivity index (χ1) is 11.0. The highest BCUT2D eigenvalue weighted by molar-refractivity contribution is 7.98. The Labute approximate surface area is 146 Å². The minimum absolute atomic E-state index is 0.0940. The molecule has 0 aliphatic heterocycles. The minimum Gasteiger partial charge on any atom is -0.493 e. The second-order valence-corrected chi connectivity index (χ2v) is 5.77. The molecule has 0 aliphatic carbocycles. The van der Waals surface area contributed by atoms with E-state index in [0.717, 1.165) is 0 Å². The largest absolute Gasteiger partial charge is 0.493 e. The molecule has 120 valence electrons. The van der Waals surface area contributed by atoms with E-state index in [2.05, 4.69) is 9.97 Å². The number of hydrogen-bond acceptors (Lipinski definition) is 6. The predicted molar refractivity (Wildman–Crippen MR) is 89.9 cm³/mol. The zero-order chi connectivity index (χ0) is 17.1. The van der Waals surface area contributed by atoms with Gasteiger partial charge in [-0.2, -0.15) is 5.26 Å². The highest BCUT2D eigenvalue weighted by atomic mass is 35.5. The Hall–Kier alpha value is -1.88. The molecule has 0 radical (unpaired) electrons. The molecule has 0 fully saturated rings. The van der Waals surface area contributed by atoms with Gasteiger partial charge in [-0.1, -0.05) is 35.0 Å². The van der Waals surface area contributed by atoms with Crippen molar-refractivity contribution in [3.05, 3.63) is 32.0 Å². The summed E-state index contributed by atoms with van der Waals surface area (Å²) in [5.74, 6) is 0.574. The number of rotatable bonds is 4. The first kappa shape index (κ1) is 17.5. The van der Waals surface area contributed by atoms with Gasteiger partial charge in [0.2, 0.25) is 0 Å². The van der Waals surface area contributed by atoms with Crippen LogP contribution in [0, 0.1) is 11.3 Å². The molecule has 23 heavy (non-hydrogen) atoms. The number of methoxy groups -OCH3 is 2. The summed E-state index contributed by atoms with van der Waals surface area (Å²) in [4.78, 5) is 18.8. The molecule has 0 spiro atoms. The van der Waals surface area contributed by atoms with Crippen LogP contribution in [0.1, 0.15) is 5.56 Å². The van der Waals surface area contributed by atoms with Gasteiger partial charge in [-0.3, -0.25) is 4.79 Å². The summed E-state index contributed by atoms with van der Waals surface area (Å²) in [6.07, 6.45) is 1.74. The fourth-order valence-corrected chi connectivity index (χ4v) is 3.04. The average molecular weight is 372 g/mol. The Morgan fingerprint density at radius 2 is 2.04 bits per heavy atom. The van der Waals surface area contributed by atoms with E-state index in [1.807, 2.05) is 6.07 Å². The molecule has 0 bridgehead atoms. The number of ether oxygens (including phenoxy) is 2. The fourth-order valence-electron chi connectivity index (χ4n) is 1.97. The molecule has 1 heterocycles. The van der Waals surface area contributed by atoms with Gasteiger partial charge in [-0.15, -0.1) is 0 Å². The van der Waals surface area contributed by atoms with Crippen molar-refractivity contribution in [2.24, 2.45) is 0 Å². The Morgan fingerprint density at radius 1 is 1.35 bits per heavy atom. The van der Waals surface area contributed by atoms with Crippen LogP contribution in [0.25, 0.3) is 11.3 Å². The highest BCUT2D eigenvalue weighted by Gasteiger charge is 2.23. The van der Waals surface area contributed by atoms with Crippen LogP contribution < -0.4 is 15.0 Å². The quantitative estimate of drug-likeness (QED) is 0.654. The molecule has 0 atom stereocenters. The summed E-state index contributed by atoms with van der Waals surface area (Å²) in [6.45, 7) is 0. The van der Waals surface area contributed by atoms with Crippen LogP contribution in [0.15, 0.2) is 16.0 Å². The van der Waals surface area contributed by atoms with E-state index < -0.39 is 5.56 Å². The Bertz CT molecular complexity index is 862. The van der Waals surface area contributed by atoms with E-state index in [1.165, 1.54) is 32.0 Å². The summed E-state index contributed by atoms with van der Waals surface area (Å²) in [5.41, 5.74) is -0.414. The van der Waals surface area contributed by atoms with Crippen molar-refractivity contribution in [1.82, 2.24) is 9.97 Å². The molecule has 0 amide bonds. The van der Waals surface area contributed by atoms with Gasteiger partial charge in [0.1, 0.15) is 11.6 Å². The Morgan fingerprint density at radius 3 is 2.57 bits per heavy atom. The normalized spacial score (nSPS) is 10.3. The lowest BCUT2D eigenvalue weighted by Gasteiger charge is -2.15. The lowest BCUT2D eigenvalue weighted by atomic mass is 10.1. The molecule has 0 aliphatic rings. The summed E-state index contributed by atoms with van der Waals surface area (Å²) in [6, 6.07) is 3.32. The number of thioether (sulfide) groups is 1. The molecule has 1 aromatic carbocycles. The van der Waals surface area contributed by atoms with Crippen molar-refractivity contribution in [2.75, 3.05) is 20.5 Å². The molecular formula is C14H11Cl2N3O3S. The molecule has 2 rings (SSSR count). The number of aromatic nitrogens is 2. The molecule has 1 N–H and O–H groups in total. The van der Waals surface area contributed by atoms with E-state index in [0.29, 0.717) is 10.9 Å².